The van der Waals surface area contributed by atoms with Gasteiger partial charge in [-0.2, -0.15) is 0 Å². The van der Waals surface area contributed by atoms with Crippen LogP contribution in [-0.4, -0.2) is 20.0 Å². The summed E-state index contributed by atoms with van der Waals surface area (Å²) in [5.41, 5.74) is 0. The minimum atomic E-state index is 0.484. The lowest BCUT2D eigenvalue weighted by molar-refractivity contribution is -0.0555. The average Bonchev–Trinajstić information content (AvgIpc) is 2.34. The minimum Gasteiger partial charge on any atom is -0.355 e. The summed E-state index contributed by atoms with van der Waals surface area (Å²) in [7, 11) is 0. The summed E-state index contributed by atoms with van der Waals surface area (Å²) in [6, 6.07) is 0. The van der Waals surface area contributed by atoms with E-state index in [0.29, 0.717) is 6.79 Å². The van der Waals surface area contributed by atoms with E-state index in [9.17, 15) is 0 Å². The van der Waals surface area contributed by atoms with E-state index in [4.69, 9.17) is 9.47 Å². The first-order valence-electron chi connectivity index (χ1n) is 7.92. The fourth-order valence-electron chi connectivity index (χ4n) is 1.92. The van der Waals surface area contributed by atoms with Crippen LogP contribution in [0.5, 0.6) is 0 Å². The van der Waals surface area contributed by atoms with E-state index in [-0.39, 0.29) is 0 Å². The molecule has 0 spiro atoms. The van der Waals surface area contributed by atoms with Gasteiger partial charge in [-0.3, -0.25) is 0 Å². The van der Waals surface area contributed by atoms with E-state index in [1.807, 2.05) is 0 Å². The Morgan fingerprint density at radius 1 is 0.722 bits per heavy atom. The maximum Gasteiger partial charge on any atom is 0.146 e. The number of unbranched alkanes of at least 4 members (excludes halogenated alkanes) is 6. The quantitative estimate of drug-likeness (QED) is 0.316. The van der Waals surface area contributed by atoms with Crippen LogP contribution >= 0.6 is 0 Å². The van der Waals surface area contributed by atoms with Crippen molar-refractivity contribution < 1.29 is 9.47 Å². The van der Waals surface area contributed by atoms with Crippen LogP contribution in [0, 0.1) is 5.92 Å². The van der Waals surface area contributed by atoms with Gasteiger partial charge in [0.05, 0.1) is 0 Å². The lowest BCUT2D eigenvalue weighted by Gasteiger charge is -2.06. The second kappa shape index (κ2) is 15.0. The molecule has 0 aliphatic carbocycles. The molecule has 0 radical (unpaired) electrons. The topological polar surface area (TPSA) is 18.5 Å². The van der Waals surface area contributed by atoms with Crippen LogP contribution in [0.1, 0.15) is 78.6 Å². The summed E-state index contributed by atoms with van der Waals surface area (Å²) < 4.78 is 10.9. The highest BCUT2D eigenvalue weighted by atomic mass is 16.7. The predicted molar refractivity (Wildman–Crippen MR) is 78.8 cm³/mol. The van der Waals surface area contributed by atoms with Crippen molar-refractivity contribution >= 4 is 0 Å². The lowest BCUT2D eigenvalue weighted by atomic mass is 10.0. The van der Waals surface area contributed by atoms with Crippen LogP contribution in [0.2, 0.25) is 0 Å². The standard InChI is InChI=1S/C16H34O2/c1-4-5-6-10-13-17-15-18-14-11-8-7-9-12-16(2)3/h16H,4-15H2,1-3H3. The van der Waals surface area contributed by atoms with Crippen molar-refractivity contribution in [1.29, 1.82) is 0 Å². The van der Waals surface area contributed by atoms with Crippen molar-refractivity contribution in [2.24, 2.45) is 5.92 Å². The second-order valence-electron chi connectivity index (χ2n) is 5.59. The number of hydrogen-bond acceptors (Lipinski definition) is 2. The molecule has 0 atom stereocenters. The highest BCUT2D eigenvalue weighted by molar-refractivity contribution is 4.47. The Bertz CT molecular complexity index is 146. The van der Waals surface area contributed by atoms with E-state index >= 15 is 0 Å². The molecule has 2 heteroatoms. The Morgan fingerprint density at radius 3 is 1.83 bits per heavy atom. The lowest BCUT2D eigenvalue weighted by Crippen LogP contribution is -2.03. The molecule has 110 valence electrons. The van der Waals surface area contributed by atoms with Gasteiger partial charge < -0.3 is 9.47 Å². The SMILES string of the molecule is CCCCCCOCOCCCCCCC(C)C. The summed E-state index contributed by atoms with van der Waals surface area (Å²) in [6.07, 6.45) is 11.6. The van der Waals surface area contributed by atoms with Gasteiger partial charge in [-0.05, 0) is 18.8 Å². The van der Waals surface area contributed by atoms with Crippen LogP contribution in [0.3, 0.4) is 0 Å². The van der Waals surface area contributed by atoms with Gasteiger partial charge >= 0.3 is 0 Å². The summed E-state index contributed by atoms with van der Waals surface area (Å²) >= 11 is 0. The maximum atomic E-state index is 5.45. The zero-order valence-corrected chi connectivity index (χ0v) is 12.9. The van der Waals surface area contributed by atoms with Gasteiger partial charge in [-0.25, -0.2) is 0 Å². The van der Waals surface area contributed by atoms with Crippen LogP contribution in [-0.2, 0) is 9.47 Å². The fourth-order valence-corrected chi connectivity index (χ4v) is 1.92. The number of hydrogen-bond donors (Lipinski definition) is 0. The van der Waals surface area contributed by atoms with Crippen molar-refractivity contribution in [2.45, 2.75) is 78.6 Å². The van der Waals surface area contributed by atoms with Crippen LogP contribution in [0.15, 0.2) is 0 Å². The first-order valence-corrected chi connectivity index (χ1v) is 7.92. The van der Waals surface area contributed by atoms with Gasteiger partial charge in [0.15, 0.2) is 0 Å². The van der Waals surface area contributed by atoms with E-state index in [0.717, 1.165) is 19.1 Å². The zero-order chi connectivity index (χ0) is 13.5. The molecule has 0 heterocycles. The molecule has 0 aliphatic heterocycles. The van der Waals surface area contributed by atoms with Crippen LogP contribution < -0.4 is 0 Å². The Labute approximate surface area is 114 Å². The largest absolute Gasteiger partial charge is 0.355 e. The first kappa shape index (κ1) is 17.9. The molecule has 0 aromatic carbocycles. The smallest absolute Gasteiger partial charge is 0.146 e. The summed E-state index contributed by atoms with van der Waals surface area (Å²) in [6.45, 7) is 9.01. The normalized spacial score (nSPS) is 11.3. The second-order valence-corrected chi connectivity index (χ2v) is 5.59. The molecule has 0 saturated carbocycles. The molecule has 0 aromatic rings. The summed E-state index contributed by atoms with van der Waals surface area (Å²) in [5, 5.41) is 0. The molecule has 0 rings (SSSR count). The first-order chi connectivity index (χ1) is 8.77. The zero-order valence-electron chi connectivity index (χ0n) is 12.9. The number of rotatable bonds is 14. The summed E-state index contributed by atoms with van der Waals surface area (Å²) in [4.78, 5) is 0. The molecule has 0 bridgehead atoms. The molecule has 0 amide bonds. The highest BCUT2D eigenvalue weighted by Gasteiger charge is 1.95. The van der Waals surface area contributed by atoms with E-state index in [2.05, 4.69) is 20.8 Å². The molecule has 0 fully saturated rings. The average molecular weight is 258 g/mol. The van der Waals surface area contributed by atoms with Crippen molar-refractivity contribution in [2.75, 3.05) is 20.0 Å². The molecule has 18 heavy (non-hydrogen) atoms. The third kappa shape index (κ3) is 15.9. The van der Waals surface area contributed by atoms with E-state index in [1.165, 1.54) is 57.8 Å². The molecule has 0 aliphatic rings. The Hall–Kier alpha value is -0.0800. The van der Waals surface area contributed by atoms with Gasteiger partial charge in [-0.1, -0.05) is 65.7 Å². The van der Waals surface area contributed by atoms with Crippen molar-refractivity contribution in [3.8, 4) is 0 Å². The Balaban J connectivity index is 2.90. The third-order valence-corrected chi connectivity index (χ3v) is 3.13. The van der Waals surface area contributed by atoms with Crippen molar-refractivity contribution in [1.82, 2.24) is 0 Å². The van der Waals surface area contributed by atoms with Gasteiger partial charge in [0, 0.05) is 13.2 Å². The van der Waals surface area contributed by atoms with Crippen molar-refractivity contribution in [3.63, 3.8) is 0 Å². The summed E-state index contributed by atoms with van der Waals surface area (Å²) in [5.74, 6) is 0.849. The predicted octanol–water partition coefficient (Wildman–Crippen LogP) is 5.16. The van der Waals surface area contributed by atoms with Gasteiger partial charge in [0.25, 0.3) is 0 Å². The monoisotopic (exact) mass is 258 g/mol. The molecule has 0 saturated heterocycles. The van der Waals surface area contributed by atoms with Gasteiger partial charge in [-0.15, -0.1) is 0 Å². The van der Waals surface area contributed by atoms with E-state index < -0.39 is 0 Å². The molecule has 2 nitrogen and oxygen atoms in total. The van der Waals surface area contributed by atoms with Gasteiger partial charge in [0.1, 0.15) is 6.79 Å². The Morgan fingerprint density at radius 2 is 1.28 bits per heavy atom. The van der Waals surface area contributed by atoms with Crippen LogP contribution in [0.25, 0.3) is 0 Å². The van der Waals surface area contributed by atoms with Crippen LogP contribution in [0.4, 0.5) is 0 Å². The third-order valence-electron chi connectivity index (χ3n) is 3.13. The number of ether oxygens (including phenoxy) is 2. The molecule has 0 aromatic heterocycles. The Kier molecular flexibility index (Phi) is 14.9. The molecular weight excluding hydrogens is 224 g/mol. The maximum absolute atomic E-state index is 5.45. The molecule has 0 N–H and O–H groups in total. The van der Waals surface area contributed by atoms with Crippen molar-refractivity contribution in [3.05, 3.63) is 0 Å². The minimum absolute atomic E-state index is 0.484. The van der Waals surface area contributed by atoms with E-state index in [1.54, 1.807) is 0 Å². The highest BCUT2D eigenvalue weighted by Crippen LogP contribution is 2.09. The fraction of sp³-hybridized carbons (Fsp3) is 1.00. The molecular formula is C16H34O2. The van der Waals surface area contributed by atoms with Gasteiger partial charge in [0.2, 0.25) is 0 Å². The molecule has 0 unspecified atom stereocenters.